The molecule has 3 aliphatic heterocycles. The number of phenolic OH excluding ortho intramolecular Hbond substituents is 1. The van der Waals surface area contributed by atoms with Crippen LogP contribution in [0.2, 0.25) is 6.32 Å². The Morgan fingerprint density at radius 3 is 2.51 bits per heavy atom. The quantitative estimate of drug-likeness (QED) is 0.144. The lowest BCUT2D eigenvalue weighted by atomic mass is 9.58. The average Bonchev–Trinajstić information content (AvgIpc) is 3.31. The number of likely N-dealkylation sites (tertiary alicyclic amines) is 2. The van der Waals surface area contributed by atoms with E-state index in [1.807, 2.05) is 18.2 Å². The van der Waals surface area contributed by atoms with Crippen LogP contribution >= 0.6 is 15.9 Å². The van der Waals surface area contributed by atoms with Gasteiger partial charge in [-0.25, -0.2) is 0 Å². The number of piperidine rings is 1. The number of rotatable bonds is 11. The Kier molecular flexibility index (Phi) is 11.1. The SMILES string of the molecule is CCCC1=C2[C@@H](CC/C(=C/c3cc(Br)ccc3O)CCC)OB(O)C[C@@H]2[C@@H]2C(=O)N(C3CCN(Cc4ccccc4)CC3)C(=O)[C@@H]2C1. The molecule has 2 aromatic rings. The number of hydrogen-bond donors (Lipinski definition) is 2. The highest BCUT2D eigenvalue weighted by Crippen LogP contribution is 2.52. The Bertz CT molecular complexity index is 1500. The Morgan fingerprint density at radius 2 is 1.79 bits per heavy atom. The summed E-state index contributed by atoms with van der Waals surface area (Å²) in [6.07, 6.45) is 9.44. The summed E-state index contributed by atoms with van der Waals surface area (Å²) in [5.41, 5.74) is 5.69. The maximum atomic E-state index is 14.3. The molecule has 0 saturated carbocycles. The number of allylic oxidation sites excluding steroid dienone is 2. The molecule has 3 heterocycles. The number of hydrogen-bond acceptors (Lipinski definition) is 6. The highest BCUT2D eigenvalue weighted by molar-refractivity contribution is 9.10. The Hall–Kier alpha value is -2.72. The molecule has 0 bridgehead atoms. The van der Waals surface area contributed by atoms with E-state index in [0.717, 1.165) is 74.6 Å². The van der Waals surface area contributed by atoms with Crippen molar-refractivity contribution in [3.05, 3.63) is 80.8 Å². The summed E-state index contributed by atoms with van der Waals surface area (Å²) in [4.78, 5) is 32.4. The molecule has 0 spiro atoms. The van der Waals surface area contributed by atoms with Crippen molar-refractivity contribution in [3.63, 3.8) is 0 Å². The van der Waals surface area contributed by atoms with Gasteiger partial charge in [-0.15, -0.1) is 0 Å². The summed E-state index contributed by atoms with van der Waals surface area (Å²) in [5, 5.41) is 21.5. The Balaban J connectivity index is 1.19. The van der Waals surface area contributed by atoms with Gasteiger partial charge >= 0.3 is 7.12 Å². The van der Waals surface area contributed by atoms with Gasteiger partial charge in [0.25, 0.3) is 0 Å². The lowest BCUT2D eigenvalue weighted by Gasteiger charge is -2.43. The van der Waals surface area contributed by atoms with E-state index in [2.05, 4.69) is 65.0 Å². The fraction of sp³-hybridized carbons (Fsp3) is 0.526. The first kappa shape index (κ1) is 34.2. The molecule has 4 aliphatic rings. The van der Waals surface area contributed by atoms with E-state index in [4.69, 9.17) is 4.65 Å². The van der Waals surface area contributed by atoms with E-state index < -0.39 is 13.0 Å². The lowest BCUT2D eigenvalue weighted by molar-refractivity contribution is -0.144. The third kappa shape index (κ3) is 7.48. The maximum Gasteiger partial charge on any atom is 0.455 e. The minimum Gasteiger partial charge on any atom is -0.507 e. The number of carbonyl (C=O) groups is 2. The van der Waals surface area contributed by atoms with Crippen LogP contribution in [-0.4, -0.2) is 64.1 Å². The van der Waals surface area contributed by atoms with Crippen LogP contribution in [0.15, 0.2) is 69.7 Å². The second-order valence-corrected chi connectivity index (χ2v) is 14.8. The van der Waals surface area contributed by atoms with Crippen LogP contribution in [0.25, 0.3) is 6.08 Å². The van der Waals surface area contributed by atoms with E-state index in [-0.39, 0.29) is 41.5 Å². The van der Waals surface area contributed by atoms with Crippen molar-refractivity contribution in [1.82, 2.24) is 9.80 Å². The zero-order valence-electron chi connectivity index (χ0n) is 27.7. The van der Waals surface area contributed by atoms with Crippen LogP contribution < -0.4 is 0 Å². The molecular formula is C38H48BBrN2O5. The molecule has 7 nitrogen and oxygen atoms in total. The number of phenols is 1. The number of aromatic hydroxyl groups is 1. The molecule has 0 aromatic heterocycles. The van der Waals surface area contributed by atoms with Gasteiger partial charge in [-0.05, 0) is 86.5 Å². The third-order valence-corrected chi connectivity index (χ3v) is 11.2. The van der Waals surface area contributed by atoms with Crippen LogP contribution in [0, 0.1) is 17.8 Å². The van der Waals surface area contributed by atoms with E-state index in [0.29, 0.717) is 19.2 Å². The average molecular weight is 704 g/mol. The fourth-order valence-corrected chi connectivity index (χ4v) is 9.01. The van der Waals surface area contributed by atoms with Crippen LogP contribution in [0.1, 0.15) is 82.8 Å². The molecule has 9 heteroatoms. The van der Waals surface area contributed by atoms with Crippen molar-refractivity contribution in [2.75, 3.05) is 13.1 Å². The maximum absolute atomic E-state index is 14.3. The molecule has 0 unspecified atom stereocenters. The van der Waals surface area contributed by atoms with Crippen molar-refractivity contribution >= 4 is 40.9 Å². The molecule has 2 amide bonds. The van der Waals surface area contributed by atoms with Gasteiger partial charge in [0.1, 0.15) is 5.75 Å². The lowest BCUT2D eigenvalue weighted by Crippen LogP contribution is -2.48. The van der Waals surface area contributed by atoms with E-state index in [9.17, 15) is 19.7 Å². The normalized spacial score (nSPS) is 25.8. The van der Waals surface area contributed by atoms with Gasteiger partial charge in [0.15, 0.2) is 0 Å². The minimum absolute atomic E-state index is 0.00584. The highest BCUT2D eigenvalue weighted by atomic mass is 79.9. The predicted octanol–water partition coefficient (Wildman–Crippen LogP) is 7.38. The molecule has 250 valence electrons. The second kappa shape index (κ2) is 15.2. The highest BCUT2D eigenvalue weighted by Gasteiger charge is 2.58. The molecule has 1 aliphatic carbocycles. The summed E-state index contributed by atoms with van der Waals surface area (Å²) < 4.78 is 7.18. The van der Waals surface area contributed by atoms with E-state index in [1.54, 1.807) is 11.0 Å². The van der Waals surface area contributed by atoms with Gasteiger partial charge in [-0.3, -0.25) is 19.4 Å². The van der Waals surface area contributed by atoms with Crippen molar-refractivity contribution in [1.29, 1.82) is 0 Å². The molecule has 3 saturated heterocycles. The summed E-state index contributed by atoms with van der Waals surface area (Å²) >= 11 is 3.52. The van der Waals surface area contributed by atoms with Crippen LogP contribution in [0.3, 0.4) is 0 Å². The summed E-state index contributed by atoms with van der Waals surface area (Å²) in [7, 11) is -0.971. The van der Waals surface area contributed by atoms with Gasteiger partial charge in [0, 0.05) is 35.7 Å². The summed E-state index contributed by atoms with van der Waals surface area (Å²) in [5.74, 6) is -0.755. The molecule has 0 radical (unpaired) electrons. The first-order chi connectivity index (χ1) is 22.8. The number of amides is 2. The number of halogens is 1. The van der Waals surface area contributed by atoms with Crippen LogP contribution in [-0.2, 0) is 20.8 Å². The summed E-state index contributed by atoms with van der Waals surface area (Å²) in [6.45, 7) is 6.91. The Morgan fingerprint density at radius 1 is 1.02 bits per heavy atom. The molecule has 2 N–H and O–H groups in total. The number of imide groups is 1. The monoisotopic (exact) mass is 702 g/mol. The largest absolute Gasteiger partial charge is 0.507 e. The number of carbonyl (C=O) groups excluding carboxylic acids is 2. The Labute approximate surface area is 288 Å². The van der Waals surface area contributed by atoms with Crippen molar-refractivity contribution < 1.29 is 24.4 Å². The van der Waals surface area contributed by atoms with Crippen molar-refractivity contribution in [3.8, 4) is 5.75 Å². The standard InChI is InChI=1S/C38H48BBrN2O5/c1-3-8-25(20-28-21-29(40)13-14-33(28)43)12-15-34-35-27(9-4-2)22-31-36(32(35)23-39(46)47-34)38(45)42(37(31)44)30-16-18-41(19-17-30)24-26-10-6-5-7-11-26/h5-7,10-11,13-14,20-21,30-32,34,36,43,46H,3-4,8-9,12,15-19,22-24H2,1-2H3/b25-20+/t31-,32+,34-,36-/m1/s1. The topological polar surface area (TPSA) is 90.3 Å². The first-order valence-corrected chi connectivity index (χ1v) is 18.4. The van der Waals surface area contributed by atoms with E-state index in [1.165, 1.54) is 22.3 Å². The number of benzene rings is 2. The van der Waals surface area contributed by atoms with Gasteiger partial charge in [-0.2, -0.15) is 0 Å². The zero-order chi connectivity index (χ0) is 33.1. The molecule has 47 heavy (non-hydrogen) atoms. The van der Waals surface area contributed by atoms with Gasteiger partial charge in [0.05, 0.1) is 17.9 Å². The zero-order valence-corrected chi connectivity index (χ0v) is 29.3. The number of fused-ring (bicyclic) bond motifs is 3. The molecule has 4 atom stereocenters. The second-order valence-electron chi connectivity index (χ2n) is 13.9. The molecule has 2 aromatic carbocycles. The first-order valence-electron chi connectivity index (χ1n) is 17.6. The predicted molar refractivity (Wildman–Crippen MR) is 189 cm³/mol. The van der Waals surface area contributed by atoms with Crippen LogP contribution in [0.5, 0.6) is 5.75 Å². The molecule has 6 rings (SSSR count). The van der Waals surface area contributed by atoms with Gasteiger partial charge in [-0.1, -0.05) is 90.2 Å². The third-order valence-electron chi connectivity index (χ3n) is 10.7. The fourth-order valence-electron chi connectivity index (χ4n) is 8.63. The van der Waals surface area contributed by atoms with E-state index >= 15 is 0 Å². The molecule has 3 fully saturated rings. The minimum atomic E-state index is -0.971. The van der Waals surface area contributed by atoms with Crippen molar-refractivity contribution in [2.45, 2.75) is 96.6 Å². The van der Waals surface area contributed by atoms with Crippen LogP contribution in [0.4, 0.5) is 0 Å². The summed E-state index contributed by atoms with van der Waals surface area (Å²) in [6, 6.07) is 15.8. The van der Waals surface area contributed by atoms with Gasteiger partial charge < -0.3 is 14.8 Å². The van der Waals surface area contributed by atoms with Gasteiger partial charge in [0.2, 0.25) is 11.8 Å². The smallest absolute Gasteiger partial charge is 0.455 e. The van der Waals surface area contributed by atoms with Crippen molar-refractivity contribution in [2.24, 2.45) is 17.8 Å². The number of nitrogens with zero attached hydrogens (tertiary/aromatic N) is 2. The molecular weight excluding hydrogens is 655 g/mol.